The fraction of sp³-hybridized carbons (Fsp3) is 0.458. The van der Waals surface area contributed by atoms with E-state index in [4.69, 9.17) is 4.74 Å². The molecule has 3 aromatic heterocycles. The molecule has 3 aromatic rings. The molecule has 7 heteroatoms. The van der Waals surface area contributed by atoms with E-state index in [1.165, 1.54) is 40.4 Å². The van der Waals surface area contributed by atoms with Crippen molar-refractivity contribution in [3.8, 4) is 0 Å². The first kappa shape index (κ1) is 21.3. The molecule has 0 amide bonds. The second-order valence-corrected chi connectivity index (χ2v) is 11.7. The smallest absolute Gasteiger partial charge is 0.353 e. The summed E-state index contributed by atoms with van der Waals surface area (Å²) in [5.41, 5.74) is -1.72. The second-order valence-electron chi connectivity index (χ2n) is 8.78. The van der Waals surface area contributed by atoms with E-state index in [9.17, 15) is 9.90 Å². The summed E-state index contributed by atoms with van der Waals surface area (Å²) in [5, 5.41) is 17.6. The predicted molar refractivity (Wildman–Crippen MR) is 126 cm³/mol. The number of nitrogens with zero attached hydrogens (tertiary/aromatic N) is 1. The first-order chi connectivity index (χ1) is 15.1. The first-order valence-electron chi connectivity index (χ1n) is 11.0. The molecule has 0 aromatic carbocycles. The van der Waals surface area contributed by atoms with E-state index < -0.39 is 11.6 Å². The molecule has 3 aliphatic rings. The van der Waals surface area contributed by atoms with Crippen molar-refractivity contribution in [1.82, 2.24) is 0 Å². The van der Waals surface area contributed by atoms with E-state index in [2.05, 4.69) is 17.5 Å². The summed E-state index contributed by atoms with van der Waals surface area (Å²) in [4.78, 5) is 16.2. The van der Waals surface area contributed by atoms with Crippen LogP contribution >= 0.6 is 34.0 Å². The van der Waals surface area contributed by atoms with Crippen LogP contribution in [0.4, 0.5) is 0 Å². The molecular formula is C24H28NO3S3+. The highest BCUT2D eigenvalue weighted by molar-refractivity contribution is 7.12. The molecule has 31 heavy (non-hydrogen) atoms. The highest BCUT2D eigenvalue weighted by Crippen LogP contribution is 2.42. The van der Waals surface area contributed by atoms with E-state index in [1.807, 2.05) is 46.4 Å². The van der Waals surface area contributed by atoms with E-state index >= 15 is 0 Å². The minimum Gasteiger partial charge on any atom is -0.410 e. The maximum Gasteiger partial charge on any atom is 0.353 e. The molecule has 6 rings (SSSR count). The molecule has 0 radical (unpaired) electrons. The topological polar surface area (TPSA) is 46.5 Å². The largest absolute Gasteiger partial charge is 0.410 e. The molecule has 1 N–H and O–H groups in total. The van der Waals surface area contributed by atoms with Crippen LogP contribution < -0.4 is 0 Å². The summed E-state index contributed by atoms with van der Waals surface area (Å²) in [6, 6.07) is 11.7. The van der Waals surface area contributed by atoms with Crippen LogP contribution in [-0.4, -0.2) is 41.4 Å². The molecule has 0 aliphatic carbocycles. The van der Waals surface area contributed by atoms with Crippen molar-refractivity contribution in [2.75, 3.05) is 19.6 Å². The molecular weight excluding hydrogens is 446 g/mol. The van der Waals surface area contributed by atoms with Crippen molar-refractivity contribution in [2.24, 2.45) is 5.92 Å². The Morgan fingerprint density at radius 1 is 1.03 bits per heavy atom. The summed E-state index contributed by atoms with van der Waals surface area (Å²) >= 11 is 4.61. The zero-order chi connectivity index (χ0) is 21.3. The van der Waals surface area contributed by atoms with Gasteiger partial charge in [-0.3, -0.25) is 4.48 Å². The van der Waals surface area contributed by atoms with Crippen LogP contribution in [0.1, 0.15) is 40.3 Å². The van der Waals surface area contributed by atoms with Gasteiger partial charge in [0.1, 0.15) is 0 Å². The van der Waals surface area contributed by atoms with Crippen LogP contribution in [0.5, 0.6) is 0 Å². The van der Waals surface area contributed by atoms with Crippen LogP contribution in [-0.2, 0) is 21.6 Å². The van der Waals surface area contributed by atoms with Gasteiger partial charge in [-0.15, -0.1) is 34.0 Å². The maximum absolute atomic E-state index is 13.5. The summed E-state index contributed by atoms with van der Waals surface area (Å²) in [7, 11) is 0. The van der Waals surface area contributed by atoms with Gasteiger partial charge in [-0.2, -0.15) is 0 Å². The lowest BCUT2D eigenvalue weighted by molar-refractivity contribution is -0.984. The van der Waals surface area contributed by atoms with Gasteiger partial charge in [0, 0.05) is 30.6 Å². The van der Waals surface area contributed by atoms with Crippen LogP contribution in [0.2, 0.25) is 0 Å². The average Bonchev–Trinajstić information content (AvgIpc) is 3.58. The van der Waals surface area contributed by atoms with Gasteiger partial charge in [-0.1, -0.05) is 18.2 Å². The highest BCUT2D eigenvalue weighted by Gasteiger charge is 2.52. The van der Waals surface area contributed by atoms with Crippen molar-refractivity contribution >= 4 is 40.0 Å². The Balaban J connectivity index is 1.36. The van der Waals surface area contributed by atoms with Gasteiger partial charge in [0.25, 0.3) is 0 Å². The Morgan fingerprint density at radius 3 is 2.26 bits per heavy atom. The summed E-state index contributed by atoms with van der Waals surface area (Å²) < 4.78 is 7.09. The Hall–Kier alpha value is -1.51. The Labute approximate surface area is 195 Å². The van der Waals surface area contributed by atoms with Crippen LogP contribution in [0.3, 0.4) is 0 Å². The zero-order valence-corrected chi connectivity index (χ0v) is 19.9. The third kappa shape index (κ3) is 4.02. The summed E-state index contributed by atoms with van der Waals surface area (Å²) in [6.07, 6.45) is 5.36. The van der Waals surface area contributed by atoms with Gasteiger partial charge in [0.2, 0.25) is 11.8 Å². The molecule has 3 aliphatic heterocycles. The summed E-state index contributed by atoms with van der Waals surface area (Å²) in [6.45, 7) is 3.17. The summed E-state index contributed by atoms with van der Waals surface area (Å²) in [5.74, 6) is 0.109. The van der Waals surface area contributed by atoms with Gasteiger partial charge in [0.05, 0.1) is 29.4 Å². The van der Waals surface area contributed by atoms with Gasteiger partial charge >= 0.3 is 5.97 Å². The van der Waals surface area contributed by atoms with Crippen LogP contribution in [0, 0.1) is 5.92 Å². The molecule has 0 spiro atoms. The molecule has 1 atom stereocenters. The lowest BCUT2D eigenvalue weighted by Crippen LogP contribution is -2.66. The number of piperidine rings is 3. The first-order valence-corrected chi connectivity index (χ1v) is 13.6. The lowest BCUT2D eigenvalue weighted by Gasteiger charge is -2.53. The number of hydrogen-bond acceptors (Lipinski definition) is 6. The molecule has 4 nitrogen and oxygen atoms in total. The quantitative estimate of drug-likeness (QED) is 0.359. The van der Waals surface area contributed by atoms with E-state index in [0.29, 0.717) is 15.7 Å². The lowest BCUT2D eigenvalue weighted by atomic mass is 9.84. The number of carbonyl (C=O) groups is 1. The monoisotopic (exact) mass is 474 g/mol. The molecule has 6 heterocycles. The van der Waals surface area contributed by atoms with E-state index in [0.717, 1.165) is 43.4 Å². The van der Waals surface area contributed by atoms with Crippen molar-refractivity contribution in [2.45, 2.75) is 43.9 Å². The van der Waals surface area contributed by atoms with Crippen LogP contribution in [0.15, 0.2) is 52.5 Å². The van der Waals surface area contributed by atoms with Crippen molar-refractivity contribution < 1.29 is 19.1 Å². The number of aryl methyl sites for hydroxylation is 1. The maximum atomic E-state index is 13.5. The van der Waals surface area contributed by atoms with Gasteiger partial charge in [-0.05, 0) is 46.7 Å². The van der Waals surface area contributed by atoms with Gasteiger partial charge in [0.15, 0.2) is 0 Å². The SMILES string of the molecule is O=C(O[C@@H]1CC2CC[N+]1(CCCc1cccs1)CC2)C(O)(c1cccs1)c1cccs1. The third-order valence-corrected chi connectivity index (χ3v) is 9.91. The number of esters is 1. The normalized spacial score (nSPS) is 25.6. The number of carbonyl (C=O) groups excluding carboxylic acids is 1. The highest BCUT2D eigenvalue weighted by atomic mass is 32.1. The molecule has 0 unspecified atom stereocenters. The number of aliphatic hydroxyl groups is 1. The predicted octanol–water partition coefficient (Wildman–Crippen LogP) is 5.24. The third-order valence-electron chi connectivity index (χ3n) is 7.01. The molecule has 3 saturated heterocycles. The minimum atomic E-state index is -1.72. The minimum absolute atomic E-state index is 0.158. The standard InChI is InChI=1S/C24H28NO3S3/c26-23(24(27,20-7-3-15-30-20)21-8-4-16-31-21)28-22-17-18-9-12-25(22,13-10-18)11-1-5-19-6-2-14-29-19/h2-4,6-8,14-16,18,22,27H,1,5,9-13,17H2/q+1/t18?,22-,25?/m1/s1. The van der Waals surface area contributed by atoms with Crippen molar-refractivity contribution in [1.29, 1.82) is 0 Å². The fourth-order valence-electron chi connectivity index (χ4n) is 5.22. The zero-order valence-electron chi connectivity index (χ0n) is 17.4. The van der Waals surface area contributed by atoms with Gasteiger partial charge < -0.3 is 9.84 Å². The fourth-order valence-corrected chi connectivity index (χ4v) is 7.68. The Kier molecular flexibility index (Phi) is 6.05. The number of quaternary nitrogens is 1. The number of thiophene rings is 3. The van der Waals surface area contributed by atoms with E-state index in [-0.39, 0.29) is 6.23 Å². The number of ether oxygens (including phenoxy) is 1. The Bertz CT molecular complexity index is 939. The van der Waals surface area contributed by atoms with Crippen LogP contribution in [0.25, 0.3) is 0 Å². The number of hydrogen-bond donors (Lipinski definition) is 1. The molecule has 3 fully saturated rings. The molecule has 2 bridgehead atoms. The average molecular weight is 475 g/mol. The molecule has 164 valence electrons. The van der Waals surface area contributed by atoms with Crippen molar-refractivity contribution in [3.05, 3.63) is 67.2 Å². The van der Waals surface area contributed by atoms with E-state index in [1.54, 1.807) is 0 Å². The second kappa shape index (κ2) is 8.79. The number of fused-ring (bicyclic) bond motifs is 3. The van der Waals surface area contributed by atoms with Crippen molar-refractivity contribution in [3.63, 3.8) is 0 Å². The van der Waals surface area contributed by atoms with Gasteiger partial charge in [-0.25, -0.2) is 4.79 Å². The molecule has 0 saturated carbocycles. The Morgan fingerprint density at radius 2 is 1.68 bits per heavy atom. The number of rotatable bonds is 8.